The number of nitrogens with two attached hydrogens (primary N) is 1. The van der Waals surface area contributed by atoms with E-state index in [2.05, 4.69) is 10.5 Å². The smallest absolute Gasteiger partial charge is 0.459 e. The van der Waals surface area contributed by atoms with Crippen LogP contribution in [0, 0.1) is 5.92 Å². The molecule has 0 amide bonds. The van der Waals surface area contributed by atoms with E-state index in [1.165, 1.54) is 17.2 Å². The van der Waals surface area contributed by atoms with E-state index in [4.69, 9.17) is 29.5 Å². The number of aliphatic hydroxyl groups is 1. The summed E-state index contributed by atoms with van der Waals surface area (Å²) in [7, 11) is 0. The van der Waals surface area contributed by atoms with Gasteiger partial charge in [0.1, 0.15) is 18.8 Å². The van der Waals surface area contributed by atoms with Crippen molar-refractivity contribution in [3.63, 3.8) is 0 Å². The minimum atomic E-state index is -1.48. The second-order valence-electron chi connectivity index (χ2n) is 8.36. The number of hydrogen-bond acceptors (Lipinski definition) is 13. The highest BCUT2D eigenvalue weighted by Gasteiger charge is 2.57. The Kier molecular flexibility index (Phi) is 7.19. The van der Waals surface area contributed by atoms with Gasteiger partial charge in [0, 0.05) is 6.20 Å². The lowest BCUT2D eigenvalue weighted by atomic mass is 10.1. The number of esters is 1. The first-order valence-corrected chi connectivity index (χ1v) is 10.9. The fourth-order valence-electron chi connectivity index (χ4n) is 3.60. The lowest BCUT2D eigenvalue weighted by Gasteiger charge is -2.33. The first-order chi connectivity index (χ1) is 16.7. The molecule has 1 aromatic rings. The Labute approximate surface area is 200 Å². The molecular weight excluding hydrogens is 464 g/mol. The summed E-state index contributed by atoms with van der Waals surface area (Å²) < 4.78 is 21.6. The Balaban J connectivity index is 1.37. The van der Waals surface area contributed by atoms with Crippen LogP contribution < -0.4 is 11.2 Å². The maximum atomic E-state index is 12.3. The molecule has 2 saturated heterocycles. The second kappa shape index (κ2) is 10.3. The van der Waals surface area contributed by atoms with Crippen molar-refractivity contribution in [1.29, 1.82) is 0 Å². The van der Waals surface area contributed by atoms with Gasteiger partial charge in [0.15, 0.2) is 24.3 Å². The van der Waals surface area contributed by atoms with E-state index in [-0.39, 0.29) is 18.4 Å². The lowest BCUT2D eigenvalue weighted by Crippen LogP contribution is -2.48. The number of nitrogens with one attached hydrogen (secondary N) is 1. The third kappa shape index (κ3) is 5.37. The Morgan fingerprint density at radius 1 is 1.23 bits per heavy atom. The maximum absolute atomic E-state index is 12.3. The normalized spacial score (nSPS) is 28.0. The predicted molar refractivity (Wildman–Crippen MR) is 117 cm³/mol. The second-order valence-corrected chi connectivity index (χ2v) is 8.36. The Morgan fingerprint density at radius 3 is 2.63 bits per heavy atom. The summed E-state index contributed by atoms with van der Waals surface area (Å²) in [5, 5.41) is 10.5. The van der Waals surface area contributed by atoms with Crippen molar-refractivity contribution in [2.75, 3.05) is 6.61 Å². The van der Waals surface area contributed by atoms with Gasteiger partial charge < -0.3 is 39.5 Å². The van der Waals surface area contributed by atoms with Crippen molar-refractivity contribution in [3.8, 4) is 0 Å². The van der Waals surface area contributed by atoms with Crippen LogP contribution in [0.15, 0.2) is 47.6 Å². The van der Waals surface area contributed by atoms with Crippen LogP contribution in [0.5, 0.6) is 0 Å². The molecular formula is C22H26N4O9. The van der Waals surface area contributed by atoms with Gasteiger partial charge in [-0.05, 0) is 24.1 Å². The number of fused-ring (bicyclic) bond motifs is 1. The van der Waals surface area contributed by atoms with Crippen molar-refractivity contribution in [2.24, 2.45) is 16.6 Å². The van der Waals surface area contributed by atoms with E-state index in [1.807, 2.05) is 0 Å². The van der Waals surface area contributed by atoms with Crippen LogP contribution >= 0.6 is 0 Å². The van der Waals surface area contributed by atoms with Crippen molar-refractivity contribution in [2.45, 2.75) is 50.8 Å². The molecule has 6 atom stereocenters. The van der Waals surface area contributed by atoms with Crippen LogP contribution in [0.1, 0.15) is 24.2 Å². The molecule has 0 saturated carbocycles. The number of carbonyl (C=O) groups is 3. The summed E-state index contributed by atoms with van der Waals surface area (Å²) >= 11 is 0. The summed E-state index contributed by atoms with van der Waals surface area (Å²) in [4.78, 5) is 46.1. The largest absolute Gasteiger partial charge is 0.509 e. The Bertz CT molecular complexity index is 1020. The lowest BCUT2D eigenvalue weighted by molar-refractivity contribution is -0.151. The molecule has 0 bridgehead atoms. The zero-order chi connectivity index (χ0) is 25.1. The van der Waals surface area contributed by atoms with Gasteiger partial charge in [-0.2, -0.15) is 0 Å². The van der Waals surface area contributed by atoms with Gasteiger partial charge in [0.05, 0.1) is 5.56 Å². The highest BCUT2D eigenvalue weighted by Crippen LogP contribution is 2.35. The third-order valence-corrected chi connectivity index (χ3v) is 5.60. The molecule has 13 nitrogen and oxygen atoms in total. The van der Waals surface area contributed by atoms with E-state index in [0.717, 1.165) is 0 Å². The highest BCUT2D eigenvalue weighted by atomic mass is 16.8. The van der Waals surface area contributed by atoms with Crippen LogP contribution in [-0.2, 0) is 28.6 Å². The van der Waals surface area contributed by atoms with Gasteiger partial charge in [0.25, 0.3) is 0 Å². The standard InChI is InChI=1S/C22H26N4O9/c1-11(2)15(23)20(28)35-25-14-8-9-26(21(29)24-14)18-17-16(33-22(30)34-17)13(32-18)10-31-19(27)12-6-4-3-5-7-12/h3-9,11,13,15-18,21,29H,10,23H2,1-2H3,(H,24,25)/t13-,15-,16-,17-,18-,21?/m1/s1. The van der Waals surface area contributed by atoms with Gasteiger partial charge in [0.2, 0.25) is 6.35 Å². The quantitative estimate of drug-likeness (QED) is 0.277. The number of amidine groups is 1. The summed E-state index contributed by atoms with van der Waals surface area (Å²) in [6.45, 7) is 3.34. The molecule has 3 aliphatic heterocycles. The molecule has 0 spiro atoms. The van der Waals surface area contributed by atoms with Gasteiger partial charge in [-0.1, -0.05) is 32.0 Å². The van der Waals surface area contributed by atoms with Gasteiger partial charge >= 0.3 is 18.1 Å². The molecule has 3 heterocycles. The number of rotatable bonds is 6. The molecule has 2 fully saturated rings. The van der Waals surface area contributed by atoms with Gasteiger partial charge in [-0.25, -0.2) is 24.9 Å². The number of aliphatic imine (C=N–C) groups is 1. The number of nitrogens with zero attached hydrogens (tertiary/aromatic N) is 2. The van der Waals surface area contributed by atoms with E-state index < -0.39 is 55.0 Å². The molecule has 13 heteroatoms. The van der Waals surface area contributed by atoms with Crippen LogP contribution in [0.25, 0.3) is 0 Å². The molecule has 0 aliphatic carbocycles. The van der Waals surface area contributed by atoms with Crippen molar-refractivity contribution >= 4 is 23.9 Å². The summed E-state index contributed by atoms with van der Waals surface area (Å²) in [5.74, 6) is -1.32. The maximum Gasteiger partial charge on any atom is 0.509 e. The van der Waals surface area contributed by atoms with E-state index in [0.29, 0.717) is 5.56 Å². The van der Waals surface area contributed by atoms with Crippen LogP contribution in [0.2, 0.25) is 0 Å². The monoisotopic (exact) mass is 490 g/mol. The first-order valence-electron chi connectivity index (χ1n) is 10.9. The molecule has 4 rings (SSSR count). The fourth-order valence-corrected chi connectivity index (χ4v) is 3.60. The topological polar surface area (TPSA) is 171 Å². The molecule has 4 N–H and O–H groups in total. The number of aliphatic hydroxyl groups excluding tert-OH is 1. The average Bonchev–Trinajstić information content (AvgIpc) is 3.38. The summed E-state index contributed by atoms with van der Waals surface area (Å²) in [6, 6.07) is 7.56. The van der Waals surface area contributed by atoms with Gasteiger partial charge in [-0.15, -0.1) is 0 Å². The zero-order valence-corrected chi connectivity index (χ0v) is 19.0. The minimum Gasteiger partial charge on any atom is -0.459 e. The van der Waals surface area contributed by atoms with E-state index >= 15 is 0 Å². The molecule has 0 aromatic heterocycles. The molecule has 1 unspecified atom stereocenters. The van der Waals surface area contributed by atoms with Crippen molar-refractivity contribution in [3.05, 3.63) is 48.2 Å². The Hall–Kier alpha value is -3.68. The van der Waals surface area contributed by atoms with E-state index in [9.17, 15) is 19.5 Å². The number of hydrogen-bond donors (Lipinski definition) is 3. The highest BCUT2D eigenvalue weighted by molar-refractivity contribution is 5.93. The summed E-state index contributed by atoms with van der Waals surface area (Å²) in [5.41, 5.74) is 8.43. The zero-order valence-electron chi connectivity index (χ0n) is 19.0. The minimum absolute atomic E-state index is 0.0561. The fraction of sp³-hybridized carbons (Fsp3) is 0.455. The van der Waals surface area contributed by atoms with Crippen LogP contribution in [0.4, 0.5) is 4.79 Å². The molecule has 3 aliphatic rings. The van der Waals surface area contributed by atoms with Gasteiger partial charge in [-0.3, -0.25) is 0 Å². The molecule has 0 radical (unpaired) electrons. The van der Waals surface area contributed by atoms with E-state index in [1.54, 1.807) is 44.2 Å². The predicted octanol–water partition coefficient (Wildman–Crippen LogP) is 0.00710. The van der Waals surface area contributed by atoms with Crippen LogP contribution in [0.3, 0.4) is 0 Å². The average molecular weight is 490 g/mol. The number of benzene rings is 1. The number of hydroxylamine groups is 1. The van der Waals surface area contributed by atoms with Crippen molar-refractivity contribution < 1.29 is 43.3 Å². The van der Waals surface area contributed by atoms with Crippen LogP contribution in [-0.4, -0.2) is 77.5 Å². The third-order valence-electron chi connectivity index (χ3n) is 5.60. The van der Waals surface area contributed by atoms with Crippen molar-refractivity contribution in [1.82, 2.24) is 10.4 Å². The first kappa shape index (κ1) is 24.4. The number of carbonyl (C=O) groups excluding carboxylic acids is 3. The Morgan fingerprint density at radius 2 is 1.94 bits per heavy atom. The molecule has 188 valence electrons. The molecule has 35 heavy (non-hydrogen) atoms. The SMILES string of the molecule is CC(C)[C@@H](N)C(=O)ONC1=NC(O)N([C@@H]2O[C@H](COC(=O)c3ccccc3)[C@H]3OC(=O)O[C@H]32)C=C1. The number of ether oxygens (including phenoxy) is 4. The summed E-state index contributed by atoms with van der Waals surface area (Å²) in [6.07, 6.45) is -3.14. The molecule has 1 aromatic carbocycles.